The average molecular weight is 499 g/mol. The summed E-state index contributed by atoms with van der Waals surface area (Å²) < 4.78 is 1.90. The number of benzene rings is 2. The van der Waals surface area contributed by atoms with Gasteiger partial charge >= 0.3 is 0 Å². The van der Waals surface area contributed by atoms with E-state index in [1.165, 1.54) is 6.33 Å². The molecule has 10 heteroatoms. The second-order valence-electron chi connectivity index (χ2n) is 8.95. The average Bonchev–Trinajstić information content (AvgIpc) is 3.54. The minimum atomic E-state index is -0.130. The largest absolute Gasteiger partial charge is 0.382 e. The summed E-state index contributed by atoms with van der Waals surface area (Å²) in [7, 11) is 0. The number of imidazole rings is 1. The lowest BCUT2D eigenvalue weighted by Gasteiger charge is -2.07. The molecule has 0 aliphatic rings. The van der Waals surface area contributed by atoms with Crippen LogP contribution in [0.3, 0.4) is 0 Å². The molecule has 0 spiro atoms. The zero-order valence-electron chi connectivity index (χ0n) is 19.7. The maximum Gasteiger partial charge on any atom is 0.251 e. The van der Waals surface area contributed by atoms with Crippen LogP contribution in [0.1, 0.15) is 32.9 Å². The van der Waals surface area contributed by atoms with Crippen LogP contribution in [0.4, 0.5) is 5.82 Å². The topological polar surface area (TPSA) is 130 Å². The number of aromatic nitrogens is 6. The molecule has 1 amide bonds. The number of halogens is 1. The number of H-pyrrole nitrogens is 2. The molecule has 4 aromatic heterocycles. The molecular weight excluding hydrogens is 476 g/mol. The van der Waals surface area contributed by atoms with Gasteiger partial charge in [0.25, 0.3) is 5.91 Å². The van der Waals surface area contributed by atoms with Gasteiger partial charge in [-0.25, -0.2) is 15.0 Å². The van der Waals surface area contributed by atoms with Gasteiger partial charge in [-0.2, -0.15) is 0 Å². The van der Waals surface area contributed by atoms with Crippen LogP contribution in [-0.2, 0) is 13.1 Å². The van der Waals surface area contributed by atoms with Crippen LogP contribution in [0.15, 0.2) is 49.1 Å². The summed E-state index contributed by atoms with van der Waals surface area (Å²) in [4.78, 5) is 32.3. The number of nitrogens with one attached hydrogen (secondary N) is 3. The van der Waals surface area contributed by atoms with Crippen molar-refractivity contribution in [2.75, 3.05) is 5.73 Å². The summed E-state index contributed by atoms with van der Waals surface area (Å²) in [6, 6.07) is 11.5. The Morgan fingerprint density at radius 2 is 1.97 bits per heavy atom. The van der Waals surface area contributed by atoms with Crippen LogP contribution >= 0.6 is 11.6 Å². The quantitative estimate of drug-likeness (QED) is 0.275. The van der Waals surface area contributed by atoms with Gasteiger partial charge in [0.05, 0.1) is 24.9 Å². The van der Waals surface area contributed by atoms with Gasteiger partial charge in [-0.15, -0.1) is 0 Å². The standard InChI is InChI=1S/C26H23ClN8O/c1-13-14(2)33-21-4-3-15(8-20(13)21)26(36)29-9-19-7-16-5-18(27)6-17(22(16)34-19)10-35-12-32-23-24(28)30-11-31-25(23)35/h3-8,11-12,33-34H,9-10H2,1-2H3,(H,29,36)(H2,28,30,31). The SMILES string of the molecule is Cc1[nH]c2ccc(C(=O)NCc3cc4cc(Cl)cc(Cn5cnc6c(N)ncnc65)c4[nH]3)cc2c1C. The highest BCUT2D eigenvalue weighted by Crippen LogP contribution is 2.27. The molecule has 0 saturated carbocycles. The molecule has 9 nitrogen and oxygen atoms in total. The summed E-state index contributed by atoms with van der Waals surface area (Å²) in [5.74, 6) is 0.211. The number of fused-ring (bicyclic) bond motifs is 3. The van der Waals surface area contributed by atoms with Gasteiger partial charge in [0.15, 0.2) is 11.5 Å². The third kappa shape index (κ3) is 3.74. The highest BCUT2D eigenvalue weighted by Gasteiger charge is 2.14. The number of hydrogen-bond donors (Lipinski definition) is 4. The minimum Gasteiger partial charge on any atom is -0.382 e. The lowest BCUT2D eigenvalue weighted by molar-refractivity contribution is 0.0950. The highest BCUT2D eigenvalue weighted by atomic mass is 35.5. The lowest BCUT2D eigenvalue weighted by Crippen LogP contribution is -2.22. The molecule has 180 valence electrons. The molecule has 2 aromatic carbocycles. The van der Waals surface area contributed by atoms with Gasteiger partial charge in [0.2, 0.25) is 0 Å². The first-order valence-corrected chi connectivity index (χ1v) is 11.8. The first-order valence-electron chi connectivity index (χ1n) is 11.5. The Balaban J connectivity index is 1.26. The Labute approximate surface area is 210 Å². The summed E-state index contributed by atoms with van der Waals surface area (Å²) in [5.41, 5.74) is 13.8. The van der Waals surface area contributed by atoms with E-state index < -0.39 is 0 Å². The number of aromatic amines is 2. The number of nitrogen functional groups attached to an aromatic ring is 1. The normalized spacial score (nSPS) is 11.6. The smallest absolute Gasteiger partial charge is 0.251 e. The second kappa shape index (κ2) is 8.39. The number of carbonyl (C=O) groups is 1. The number of carbonyl (C=O) groups excluding carboxylic acids is 1. The molecule has 6 rings (SSSR count). The molecule has 0 aliphatic carbocycles. The molecule has 0 unspecified atom stereocenters. The van der Waals surface area contributed by atoms with Crippen molar-refractivity contribution in [3.8, 4) is 0 Å². The molecule has 4 heterocycles. The predicted octanol–water partition coefficient (Wildman–Crippen LogP) is 4.62. The zero-order valence-corrected chi connectivity index (χ0v) is 20.4. The summed E-state index contributed by atoms with van der Waals surface area (Å²) >= 11 is 6.43. The third-order valence-electron chi connectivity index (χ3n) is 6.61. The van der Waals surface area contributed by atoms with Crippen molar-refractivity contribution in [1.29, 1.82) is 0 Å². The van der Waals surface area contributed by atoms with E-state index in [2.05, 4.69) is 37.2 Å². The van der Waals surface area contributed by atoms with E-state index in [1.807, 2.05) is 47.9 Å². The Morgan fingerprint density at radius 1 is 1.11 bits per heavy atom. The van der Waals surface area contributed by atoms with Gasteiger partial charge in [0, 0.05) is 38.3 Å². The molecular formula is C26H23ClN8O. The summed E-state index contributed by atoms with van der Waals surface area (Å²) in [6.07, 6.45) is 3.12. The first kappa shape index (κ1) is 22.1. The fourth-order valence-electron chi connectivity index (χ4n) is 4.64. The van der Waals surface area contributed by atoms with Crippen molar-refractivity contribution < 1.29 is 4.79 Å². The fraction of sp³-hybridized carbons (Fsp3) is 0.154. The number of nitrogens with two attached hydrogens (primary N) is 1. The molecule has 0 atom stereocenters. The van der Waals surface area contributed by atoms with E-state index in [0.29, 0.717) is 40.7 Å². The van der Waals surface area contributed by atoms with Crippen LogP contribution in [0.2, 0.25) is 5.02 Å². The molecule has 5 N–H and O–H groups in total. The molecule has 0 aliphatic heterocycles. The summed E-state index contributed by atoms with van der Waals surface area (Å²) in [6.45, 7) is 4.93. The maximum absolute atomic E-state index is 12.9. The van der Waals surface area contributed by atoms with Crippen LogP contribution in [0.5, 0.6) is 0 Å². The van der Waals surface area contributed by atoms with E-state index >= 15 is 0 Å². The third-order valence-corrected chi connectivity index (χ3v) is 6.83. The van der Waals surface area contributed by atoms with E-state index in [0.717, 1.165) is 44.3 Å². The van der Waals surface area contributed by atoms with Crippen LogP contribution in [-0.4, -0.2) is 35.4 Å². The van der Waals surface area contributed by atoms with E-state index in [1.54, 1.807) is 6.33 Å². The Bertz CT molecular complexity index is 1790. The monoisotopic (exact) mass is 498 g/mol. The second-order valence-corrected chi connectivity index (χ2v) is 9.38. The first-order chi connectivity index (χ1) is 17.4. The molecule has 0 radical (unpaired) electrons. The minimum absolute atomic E-state index is 0.130. The van der Waals surface area contributed by atoms with Crippen LogP contribution in [0.25, 0.3) is 33.0 Å². The Kier molecular flexibility index (Phi) is 5.15. The molecule has 0 fully saturated rings. The molecule has 0 bridgehead atoms. The van der Waals surface area contributed by atoms with E-state index in [-0.39, 0.29) is 5.91 Å². The summed E-state index contributed by atoms with van der Waals surface area (Å²) in [5, 5.41) is 5.66. The van der Waals surface area contributed by atoms with Crippen molar-refractivity contribution >= 4 is 56.3 Å². The highest BCUT2D eigenvalue weighted by molar-refractivity contribution is 6.31. The molecule has 6 aromatic rings. The van der Waals surface area contributed by atoms with E-state index in [9.17, 15) is 4.79 Å². The zero-order chi connectivity index (χ0) is 25.0. The van der Waals surface area contributed by atoms with Crippen molar-refractivity contribution in [1.82, 2.24) is 34.8 Å². The lowest BCUT2D eigenvalue weighted by atomic mass is 10.1. The Hall–Kier alpha value is -4.37. The van der Waals surface area contributed by atoms with Gasteiger partial charge in [0.1, 0.15) is 11.8 Å². The van der Waals surface area contributed by atoms with Gasteiger partial charge in [-0.3, -0.25) is 4.79 Å². The molecule has 36 heavy (non-hydrogen) atoms. The predicted molar refractivity (Wildman–Crippen MR) is 141 cm³/mol. The van der Waals surface area contributed by atoms with Crippen molar-refractivity contribution in [2.24, 2.45) is 0 Å². The fourth-order valence-corrected chi connectivity index (χ4v) is 4.88. The van der Waals surface area contributed by atoms with Crippen molar-refractivity contribution in [3.63, 3.8) is 0 Å². The molecule has 0 saturated heterocycles. The number of anilines is 1. The van der Waals surface area contributed by atoms with Crippen molar-refractivity contribution in [3.05, 3.63) is 82.2 Å². The van der Waals surface area contributed by atoms with Gasteiger partial charge in [-0.05, 0) is 61.4 Å². The van der Waals surface area contributed by atoms with Gasteiger partial charge in [-0.1, -0.05) is 11.6 Å². The van der Waals surface area contributed by atoms with Crippen molar-refractivity contribution in [2.45, 2.75) is 26.9 Å². The number of aryl methyl sites for hydroxylation is 2. The number of rotatable bonds is 5. The maximum atomic E-state index is 12.9. The number of amides is 1. The number of hydrogen-bond acceptors (Lipinski definition) is 5. The Morgan fingerprint density at radius 3 is 2.83 bits per heavy atom. The van der Waals surface area contributed by atoms with Crippen LogP contribution in [0, 0.1) is 13.8 Å². The van der Waals surface area contributed by atoms with E-state index in [4.69, 9.17) is 17.3 Å². The van der Waals surface area contributed by atoms with Crippen LogP contribution < -0.4 is 11.1 Å². The number of nitrogens with zero attached hydrogens (tertiary/aromatic N) is 4. The van der Waals surface area contributed by atoms with Gasteiger partial charge < -0.3 is 25.6 Å².